The van der Waals surface area contributed by atoms with Crippen molar-refractivity contribution in [1.82, 2.24) is 4.98 Å². The van der Waals surface area contributed by atoms with Gasteiger partial charge in [-0.15, -0.1) is 0 Å². The van der Waals surface area contributed by atoms with Crippen LogP contribution >= 0.6 is 0 Å². The van der Waals surface area contributed by atoms with E-state index in [0.29, 0.717) is 0 Å². The normalized spacial score (nSPS) is 13.3. The molecule has 1 aromatic heterocycles. The van der Waals surface area contributed by atoms with Crippen LogP contribution in [-0.4, -0.2) is 40.9 Å². The van der Waals surface area contributed by atoms with E-state index in [-0.39, 0.29) is 12.1 Å². The van der Waals surface area contributed by atoms with Crippen molar-refractivity contribution in [3.8, 4) is 0 Å². The molecule has 0 amide bonds. The molecule has 0 aliphatic carbocycles. The minimum Gasteiger partial charge on any atom is -0.465 e. The summed E-state index contributed by atoms with van der Waals surface area (Å²) in [5.74, 6) is -2.00. The van der Waals surface area contributed by atoms with E-state index >= 15 is 0 Å². The third-order valence-corrected chi connectivity index (χ3v) is 2.30. The smallest absolute Gasteiger partial charge is 0.342 e. The summed E-state index contributed by atoms with van der Waals surface area (Å²) >= 11 is 0. The van der Waals surface area contributed by atoms with Gasteiger partial charge in [0.15, 0.2) is 0 Å². The maximum Gasteiger partial charge on any atom is 0.342 e. The molecule has 0 fully saturated rings. The number of pyridine rings is 1. The van der Waals surface area contributed by atoms with Gasteiger partial charge in [0.2, 0.25) is 5.95 Å². The van der Waals surface area contributed by atoms with Crippen molar-refractivity contribution >= 4 is 5.97 Å². The van der Waals surface area contributed by atoms with Crippen LogP contribution in [0.4, 0.5) is 4.39 Å². The van der Waals surface area contributed by atoms with Crippen LogP contribution < -0.4 is 0 Å². The molecular weight excluding hydrogens is 259 g/mol. The number of aliphatic hydroxyl groups excluding tert-OH is 2. The molecule has 8 nitrogen and oxygen atoms in total. The highest BCUT2D eigenvalue weighted by Crippen LogP contribution is 2.19. The zero-order valence-corrected chi connectivity index (χ0v) is 9.89. The van der Waals surface area contributed by atoms with Crippen molar-refractivity contribution in [2.75, 3.05) is 13.7 Å². The molecule has 0 aliphatic rings. The summed E-state index contributed by atoms with van der Waals surface area (Å²) in [4.78, 5) is 17.0. The number of carbonyl (C=O) groups excluding carboxylic acids is 1. The van der Waals surface area contributed by atoms with Crippen LogP contribution in [0.2, 0.25) is 0 Å². The van der Waals surface area contributed by atoms with Crippen LogP contribution in [-0.2, 0) is 4.74 Å². The summed E-state index contributed by atoms with van der Waals surface area (Å²) in [7, 11) is 1.07. The first-order valence-corrected chi connectivity index (χ1v) is 5.12. The molecular formula is C10H11FN4O4. The van der Waals surface area contributed by atoms with Gasteiger partial charge in [0.05, 0.1) is 19.8 Å². The van der Waals surface area contributed by atoms with Crippen molar-refractivity contribution in [1.29, 1.82) is 0 Å². The first kappa shape index (κ1) is 14.8. The molecule has 2 atom stereocenters. The minimum absolute atomic E-state index is 0.00226. The van der Waals surface area contributed by atoms with Crippen LogP contribution in [0.15, 0.2) is 17.4 Å². The lowest BCUT2D eigenvalue weighted by molar-refractivity contribution is 0.0239. The van der Waals surface area contributed by atoms with E-state index in [1.807, 2.05) is 0 Å². The molecule has 2 N–H and O–H groups in total. The number of hydrogen-bond donors (Lipinski definition) is 2. The Labute approximate surface area is 107 Å². The molecule has 0 radical (unpaired) electrons. The third-order valence-electron chi connectivity index (χ3n) is 2.30. The standard InChI is InChI=1S/C10H11FN4O4/c1-19-10(18)6-2-5(3-13-9(6)11)8(17)7(16)4-14-15-12/h2-3,7-8,16-17H,4H2,1H3. The zero-order valence-electron chi connectivity index (χ0n) is 9.89. The Hall–Kier alpha value is -2.22. The second kappa shape index (κ2) is 6.64. The maximum atomic E-state index is 13.3. The number of methoxy groups -OCH3 is 1. The second-order valence-corrected chi connectivity index (χ2v) is 3.52. The molecule has 0 saturated heterocycles. The number of hydrogen-bond acceptors (Lipinski definition) is 6. The Bertz CT molecular complexity index is 518. The number of nitrogens with zero attached hydrogens (tertiary/aromatic N) is 4. The Morgan fingerprint density at radius 3 is 2.95 bits per heavy atom. The molecule has 0 aromatic carbocycles. The summed E-state index contributed by atoms with van der Waals surface area (Å²) in [5, 5.41) is 22.3. The van der Waals surface area contributed by atoms with Crippen LogP contribution in [0.1, 0.15) is 22.0 Å². The highest BCUT2D eigenvalue weighted by molar-refractivity contribution is 5.89. The quantitative estimate of drug-likeness (QED) is 0.267. The van der Waals surface area contributed by atoms with Gasteiger partial charge in [-0.05, 0) is 11.6 Å². The number of azide groups is 1. The number of carbonyl (C=O) groups is 1. The lowest BCUT2D eigenvalue weighted by Crippen LogP contribution is -2.22. The van der Waals surface area contributed by atoms with E-state index in [0.717, 1.165) is 19.4 Å². The second-order valence-electron chi connectivity index (χ2n) is 3.52. The van der Waals surface area contributed by atoms with Gasteiger partial charge in [0.1, 0.15) is 11.7 Å². The Kier molecular flexibility index (Phi) is 5.19. The van der Waals surface area contributed by atoms with Gasteiger partial charge in [0, 0.05) is 16.7 Å². The van der Waals surface area contributed by atoms with E-state index in [4.69, 9.17) is 5.53 Å². The average Bonchev–Trinajstić information content (AvgIpc) is 2.43. The van der Waals surface area contributed by atoms with Gasteiger partial charge < -0.3 is 14.9 Å². The van der Waals surface area contributed by atoms with E-state index in [9.17, 15) is 19.4 Å². The maximum absolute atomic E-state index is 13.3. The zero-order chi connectivity index (χ0) is 14.4. The number of ether oxygens (including phenoxy) is 1. The lowest BCUT2D eigenvalue weighted by atomic mass is 10.0. The monoisotopic (exact) mass is 270 g/mol. The van der Waals surface area contributed by atoms with Gasteiger partial charge in [0.25, 0.3) is 0 Å². The molecule has 19 heavy (non-hydrogen) atoms. The summed E-state index contributed by atoms with van der Waals surface area (Å²) in [6, 6.07) is 1.01. The molecule has 1 aromatic rings. The van der Waals surface area contributed by atoms with Crippen molar-refractivity contribution < 1.29 is 24.1 Å². The van der Waals surface area contributed by atoms with E-state index in [1.54, 1.807) is 0 Å². The van der Waals surface area contributed by atoms with E-state index < -0.39 is 29.7 Å². The van der Waals surface area contributed by atoms with Gasteiger partial charge in [-0.25, -0.2) is 9.78 Å². The van der Waals surface area contributed by atoms with E-state index in [1.165, 1.54) is 0 Å². The summed E-state index contributed by atoms with van der Waals surface area (Å²) in [5.41, 5.74) is 7.63. The lowest BCUT2D eigenvalue weighted by Gasteiger charge is -2.16. The summed E-state index contributed by atoms with van der Waals surface area (Å²) in [6.45, 7) is -0.372. The Morgan fingerprint density at radius 1 is 1.68 bits per heavy atom. The van der Waals surface area contributed by atoms with Gasteiger partial charge in [-0.3, -0.25) is 0 Å². The molecule has 2 unspecified atom stereocenters. The summed E-state index contributed by atoms with van der Waals surface area (Å²) < 4.78 is 17.6. The van der Waals surface area contributed by atoms with Crippen molar-refractivity contribution in [3.63, 3.8) is 0 Å². The third kappa shape index (κ3) is 3.62. The minimum atomic E-state index is -1.47. The first-order chi connectivity index (χ1) is 9.01. The first-order valence-electron chi connectivity index (χ1n) is 5.12. The average molecular weight is 270 g/mol. The van der Waals surface area contributed by atoms with E-state index in [2.05, 4.69) is 19.7 Å². The molecule has 102 valence electrons. The molecule has 0 saturated carbocycles. The van der Waals surface area contributed by atoms with Gasteiger partial charge >= 0.3 is 5.97 Å². The SMILES string of the molecule is COC(=O)c1cc(C(O)C(O)CN=[N+]=[N-])cnc1F. The van der Waals surface area contributed by atoms with Gasteiger partial charge in [-0.1, -0.05) is 5.11 Å². The van der Waals surface area contributed by atoms with Crippen LogP contribution in [0, 0.1) is 5.95 Å². The van der Waals surface area contributed by atoms with Crippen LogP contribution in [0.3, 0.4) is 0 Å². The molecule has 0 aliphatic heterocycles. The molecule has 9 heteroatoms. The van der Waals surface area contributed by atoms with Crippen LogP contribution in [0.25, 0.3) is 10.4 Å². The van der Waals surface area contributed by atoms with Crippen LogP contribution in [0.5, 0.6) is 0 Å². The predicted molar refractivity (Wildman–Crippen MR) is 60.5 cm³/mol. The fourth-order valence-electron chi connectivity index (χ4n) is 1.32. The highest BCUT2D eigenvalue weighted by Gasteiger charge is 2.22. The Balaban J connectivity index is 3.01. The number of halogens is 1. The summed E-state index contributed by atoms with van der Waals surface area (Å²) in [6.07, 6.45) is -1.90. The fourth-order valence-corrected chi connectivity index (χ4v) is 1.32. The van der Waals surface area contributed by atoms with Crippen molar-refractivity contribution in [3.05, 3.63) is 39.8 Å². The molecule has 0 bridgehead atoms. The number of aliphatic hydroxyl groups is 2. The fraction of sp³-hybridized carbons (Fsp3) is 0.400. The number of rotatable bonds is 5. The van der Waals surface area contributed by atoms with Gasteiger partial charge in [-0.2, -0.15) is 4.39 Å². The Morgan fingerprint density at radius 2 is 2.37 bits per heavy atom. The predicted octanol–water partition coefficient (Wildman–Crippen LogP) is 0.712. The van der Waals surface area contributed by atoms with Crippen molar-refractivity contribution in [2.45, 2.75) is 12.2 Å². The highest BCUT2D eigenvalue weighted by atomic mass is 19.1. The molecule has 1 heterocycles. The topological polar surface area (TPSA) is 128 Å². The number of esters is 1. The molecule has 0 spiro atoms. The largest absolute Gasteiger partial charge is 0.465 e. The van der Waals surface area contributed by atoms with Crippen molar-refractivity contribution in [2.24, 2.45) is 5.11 Å². The molecule has 1 rings (SSSR count). The number of aromatic nitrogens is 1.